The zero-order chi connectivity index (χ0) is 10.6. The lowest BCUT2D eigenvalue weighted by Gasteiger charge is -2.08. The highest BCUT2D eigenvalue weighted by Crippen LogP contribution is 2.23. The van der Waals surface area contributed by atoms with Crippen molar-refractivity contribution in [2.45, 2.75) is 13.3 Å². The lowest BCUT2D eigenvalue weighted by atomic mass is 10.1. The van der Waals surface area contributed by atoms with Crippen LogP contribution in [0.2, 0.25) is 5.02 Å². The topological polar surface area (TPSA) is 26.3 Å². The van der Waals surface area contributed by atoms with E-state index in [4.69, 9.17) is 27.9 Å². The Kier molecular flexibility index (Phi) is 4.23. The second-order valence-corrected chi connectivity index (χ2v) is 3.61. The number of ether oxygens (including phenoxy) is 1. The van der Waals surface area contributed by atoms with Gasteiger partial charge in [-0.25, -0.2) is 0 Å². The second-order valence-electron chi connectivity index (χ2n) is 2.75. The molecule has 0 aliphatic carbocycles. The minimum absolute atomic E-state index is 0.115. The summed E-state index contributed by atoms with van der Waals surface area (Å²) in [6.45, 7) is 1.87. The summed E-state index contributed by atoms with van der Waals surface area (Å²) in [4.78, 5) is 10.5. The summed E-state index contributed by atoms with van der Waals surface area (Å²) < 4.78 is 5.20. The van der Waals surface area contributed by atoms with Crippen molar-refractivity contribution in [2.75, 3.05) is 6.61 Å². The van der Waals surface area contributed by atoms with E-state index in [9.17, 15) is 4.79 Å². The molecule has 0 saturated carbocycles. The molecule has 0 fully saturated rings. The maximum absolute atomic E-state index is 10.5. The van der Waals surface area contributed by atoms with Crippen LogP contribution in [0.4, 0.5) is 0 Å². The summed E-state index contributed by atoms with van der Waals surface area (Å²) in [5.41, 5.74) is 0.968. The van der Waals surface area contributed by atoms with Gasteiger partial charge in [0.05, 0.1) is 0 Å². The first kappa shape index (κ1) is 11.3. The Balaban J connectivity index is 2.80. The van der Waals surface area contributed by atoms with Crippen LogP contribution in [0, 0.1) is 0 Å². The normalized spacial score (nSPS) is 9.93. The van der Waals surface area contributed by atoms with Crippen molar-refractivity contribution >= 4 is 28.4 Å². The van der Waals surface area contributed by atoms with Crippen LogP contribution in [0.5, 0.6) is 5.75 Å². The predicted octanol–water partition coefficient (Wildman–Crippen LogP) is 3.05. The molecule has 0 spiro atoms. The van der Waals surface area contributed by atoms with Crippen LogP contribution in [-0.2, 0) is 11.2 Å². The van der Waals surface area contributed by atoms with Crippen molar-refractivity contribution in [3.05, 3.63) is 28.8 Å². The lowest BCUT2D eigenvalue weighted by molar-refractivity contribution is -0.113. The highest BCUT2D eigenvalue weighted by Gasteiger charge is 2.04. The summed E-state index contributed by atoms with van der Waals surface area (Å²) in [6, 6.07) is 5.27. The first-order valence-electron chi connectivity index (χ1n) is 4.23. The smallest absolute Gasteiger partial charge is 0.259 e. The molecule has 1 aromatic carbocycles. The van der Waals surface area contributed by atoms with Crippen LogP contribution in [0.3, 0.4) is 0 Å². The van der Waals surface area contributed by atoms with Crippen LogP contribution in [0.15, 0.2) is 18.2 Å². The van der Waals surface area contributed by atoms with E-state index in [1.165, 1.54) is 0 Å². The summed E-state index contributed by atoms with van der Waals surface area (Å²) in [7, 11) is 0. The molecule has 0 radical (unpaired) electrons. The number of benzene rings is 1. The fraction of sp³-hybridized carbons (Fsp3) is 0.300. The maximum atomic E-state index is 10.5. The molecule has 1 aromatic rings. The zero-order valence-corrected chi connectivity index (χ0v) is 9.23. The van der Waals surface area contributed by atoms with Gasteiger partial charge in [0.25, 0.3) is 5.24 Å². The molecule has 0 aliphatic heterocycles. The Labute approximate surface area is 92.8 Å². The molecule has 2 nitrogen and oxygen atoms in total. The van der Waals surface area contributed by atoms with E-state index in [1.54, 1.807) is 12.1 Å². The fourth-order valence-corrected chi connectivity index (χ4v) is 1.35. The fourth-order valence-electron chi connectivity index (χ4n) is 1.10. The Morgan fingerprint density at radius 1 is 1.50 bits per heavy atom. The molecular weight excluding hydrogens is 223 g/mol. The summed E-state index contributed by atoms with van der Waals surface area (Å²) in [5.74, 6) is 0.658. The monoisotopic (exact) mass is 232 g/mol. The van der Waals surface area contributed by atoms with Crippen LogP contribution in [0.25, 0.3) is 0 Å². The van der Waals surface area contributed by atoms with Crippen molar-refractivity contribution in [1.29, 1.82) is 0 Å². The Bertz CT molecular complexity index is 337. The molecule has 0 heterocycles. The molecule has 4 heteroatoms. The predicted molar refractivity (Wildman–Crippen MR) is 57.2 cm³/mol. The molecule has 14 heavy (non-hydrogen) atoms. The number of hydrogen-bond donors (Lipinski definition) is 0. The highest BCUT2D eigenvalue weighted by molar-refractivity contribution is 6.63. The number of hydrogen-bond acceptors (Lipinski definition) is 2. The van der Waals surface area contributed by atoms with E-state index < -0.39 is 5.24 Å². The molecule has 0 atom stereocenters. The summed E-state index contributed by atoms with van der Waals surface area (Å²) in [5, 5.41) is 0.147. The average Bonchev–Trinajstić information content (AvgIpc) is 2.15. The molecule has 0 aliphatic rings. The Morgan fingerprint density at radius 3 is 2.79 bits per heavy atom. The van der Waals surface area contributed by atoms with Gasteiger partial charge >= 0.3 is 0 Å². The standard InChI is InChI=1S/C10H10Cl2O2/c1-2-7-5-8(11)3-4-9(7)14-6-10(12)13/h3-5H,2,6H2,1H3. The van der Waals surface area contributed by atoms with Gasteiger partial charge in [-0.15, -0.1) is 0 Å². The van der Waals surface area contributed by atoms with Gasteiger partial charge < -0.3 is 4.74 Å². The largest absolute Gasteiger partial charge is 0.484 e. The van der Waals surface area contributed by atoms with Gasteiger partial charge in [-0.05, 0) is 41.8 Å². The van der Waals surface area contributed by atoms with Crippen molar-refractivity contribution in [3.63, 3.8) is 0 Å². The van der Waals surface area contributed by atoms with Crippen LogP contribution >= 0.6 is 23.2 Å². The molecule has 0 aromatic heterocycles. The third kappa shape index (κ3) is 3.20. The van der Waals surface area contributed by atoms with Gasteiger partial charge in [-0.2, -0.15) is 0 Å². The van der Waals surface area contributed by atoms with E-state index in [1.807, 2.05) is 13.0 Å². The van der Waals surface area contributed by atoms with Gasteiger partial charge in [0.15, 0.2) is 6.61 Å². The van der Waals surface area contributed by atoms with Gasteiger partial charge in [-0.1, -0.05) is 18.5 Å². The average molecular weight is 233 g/mol. The quantitative estimate of drug-likeness (QED) is 0.747. The van der Waals surface area contributed by atoms with Crippen LogP contribution in [-0.4, -0.2) is 11.8 Å². The lowest BCUT2D eigenvalue weighted by Crippen LogP contribution is -2.05. The zero-order valence-electron chi connectivity index (χ0n) is 7.72. The van der Waals surface area contributed by atoms with E-state index in [2.05, 4.69) is 0 Å². The van der Waals surface area contributed by atoms with Gasteiger partial charge in [-0.3, -0.25) is 4.79 Å². The molecule has 0 saturated heterocycles. The molecular formula is C10H10Cl2O2. The first-order valence-corrected chi connectivity index (χ1v) is 4.98. The third-order valence-corrected chi connectivity index (χ3v) is 2.09. The summed E-state index contributed by atoms with van der Waals surface area (Å²) >= 11 is 11.0. The van der Waals surface area contributed by atoms with E-state index in [0.717, 1.165) is 12.0 Å². The molecule has 0 bridgehead atoms. The Morgan fingerprint density at radius 2 is 2.21 bits per heavy atom. The number of carbonyl (C=O) groups is 1. The van der Waals surface area contributed by atoms with Gasteiger partial charge in [0.2, 0.25) is 0 Å². The molecule has 1 rings (SSSR count). The van der Waals surface area contributed by atoms with E-state index in [-0.39, 0.29) is 6.61 Å². The SMILES string of the molecule is CCc1cc(Cl)ccc1OCC(=O)Cl. The highest BCUT2D eigenvalue weighted by atomic mass is 35.5. The minimum atomic E-state index is -0.512. The van der Waals surface area contributed by atoms with Crippen molar-refractivity contribution < 1.29 is 9.53 Å². The first-order chi connectivity index (χ1) is 6.63. The number of carbonyl (C=O) groups excluding carboxylic acids is 1. The molecule has 76 valence electrons. The number of aryl methyl sites for hydroxylation is 1. The minimum Gasteiger partial charge on any atom is -0.484 e. The Hall–Kier alpha value is -0.730. The summed E-state index contributed by atoms with van der Waals surface area (Å²) in [6.07, 6.45) is 0.798. The van der Waals surface area contributed by atoms with Gasteiger partial charge in [0, 0.05) is 5.02 Å². The molecule has 0 N–H and O–H groups in total. The van der Waals surface area contributed by atoms with Crippen LogP contribution in [0.1, 0.15) is 12.5 Å². The van der Waals surface area contributed by atoms with E-state index >= 15 is 0 Å². The second kappa shape index (κ2) is 5.23. The third-order valence-electron chi connectivity index (χ3n) is 1.74. The number of halogens is 2. The van der Waals surface area contributed by atoms with E-state index in [0.29, 0.717) is 10.8 Å². The molecule has 0 amide bonds. The van der Waals surface area contributed by atoms with Gasteiger partial charge in [0.1, 0.15) is 5.75 Å². The van der Waals surface area contributed by atoms with Crippen molar-refractivity contribution in [1.82, 2.24) is 0 Å². The van der Waals surface area contributed by atoms with Crippen molar-refractivity contribution in [3.8, 4) is 5.75 Å². The van der Waals surface area contributed by atoms with Crippen molar-refractivity contribution in [2.24, 2.45) is 0 Å². The number of rotatable bonds is 4. The molecule has 0 unspecified atom stereocenters. The maximum Gasteiger partial charge on any atom is 0.259 e. The van der Waals surface area contributed by atoms with Crippen LogP contribution < -0.4 is 4.74 Å².